The lowest BCUT2D eigenvalue weighted by molar-refractivity contribution is 0.197. The molecule has 116 valence electrons. The van der Waals surface area contributed by atoms with E-state index in [2.05, 4.69) is 41.8 Å². The molecule has 0 amide bonds. The van der Waals surface area contributed by atoms with Crippen LogP contribution >= 0.6 is 0 Å². The molecule has 0 aliphatic heterocycles. The molecule has 0 saturated heterocycles. The molecule has 1 N–H and O–H groups in total. The number of unbranched alkanes of at least 4 members (excludes halogenated alkanes) is 3. The van der Waals surface area contributed by atoms with E-state index in [0.29, 0.717) is 6.04 Å². The topological polar surface area (TPSA) is 39.1 Å². The minimum absolute atomic E-state index is 0.512. The second-order valence-corrected chi connectivity index (χ2v) is 5.58. The first-order valence-electron chi connectivity index (χ1n) is 7.97. The van der Waals surface area contributed by atoms with Gasteiger partial charge in [-0.2, -0.15) is 0 Å². The Morgan fingerprint density at radius 2 is 2.10 bits per heavy atom. The number of ether oxygens (including phenoxy) is 1. The van der Waals surface area contributed by atoms with Crippen molar-refractivity contribution in [3.05, 3.63) is 11.9 Å². The Balaban J connectivity index is 2.46. The van der Waals surface area contributed by atoms with Gasteiger partial charge in [-0.05, 0) is 26.7 Å². The van der Waals surface area contributed by atoms with E-state index in [1.54, 1.807) is 7.11 Å². The molecule has 1 aromatic heterocycles. The van der Waals surface area contributed by atoms with Crippen LogP contribution in [0.5, 0.6) is 0 Å². The highest BCUT2D eigenvalue weighted by Gasteiger charge is 2.11. The average Bonchev–Trinajstić information content (AvgIpc) is 2.81. The molecule has 1 aromatic rings. The Bertz CT molecular complexity index is 363. The van der Waals surface area contributed by atoms with Crippen molar-refractivity contribution in [3.63, 3.8) is 0 Å². The maximum Gasteiger partial charge on any atom is 0.203 e. The Kier molecular flexibility index (Phi) is 8.35. The molecule has 20 heavy (non-hydrogen) atoms. The number of hydrogen-bond donors (Lipinski definition) is 1. The van der Waals surface area contributed by atoms with Crippen LogP contribution in [-0.2, 0) is 4.74 Å². The van der Waals surface area contributed by atoms with Gasteiger partial charge in [0.25, 0.3) is 0 Å². The van der Waals surface area contributed by atoms with Crippen LogP contribution in [0.2, 0.25) is 0 Å². The van der Waals surface area contributed by atoms with Crippen LogP contribution in [0.1, 0.15) is 64.1 Å². The van der Waals surface area contributed by atoms with Gasteiger partial charge in [-0.15, -0.1) is 0 Å². The van der Waals surface area contributed by atoms with Crippen molar-refractivity contribution in [1.29, 1.82) is 0 Å². The zero-order chi connectivity index (χ0) is 14.8. The molecule has 1 rings (SSSR count). The Morgan fingerprint density at radius 3 is 2.80 bits per heavy atom. The number of aryl methyl sites for hydroxylation is 1. The Labute approximate surface area is 123 Å². The van der Waals surface area contributed by atoms with E-state index < -0.39 is 0 Å². The molecule has 4 nitrogen and oxygen atoms in total. The zero-order valence-electron chi connectivity index (χ0n) is 13.6. The molecule has 0 aliphatic carbocycles. The third-order valence-corrected chi connectivity index (χ3v) is 3.61. The van der Waals surface area contributed by atoms with E-state index >= 15 is 0 Å². The number of anilines is 1. The minimum atomic E-state index is 0.512. The minimum Gasteiger partial charge on any atom is -0.385 e. The summed E-state index contributed by atoms with van der Waals surface area (Å²) in [5.74, 6) is 1.00. The van der Waals surface area contributed by atoms with Crippen molar-refractivity contribution in [2.45, 2.75) is 65.3 Å². The average molecular weight is 281 g/mol. The van der Waals surface area contributed by atoms with Crippen LogP contribution in [0.25, 0.3) is 0 Å². The summed E-state index contributed by atoms with van der Waals surface area (Å²) >= 11 is 0. The van der Waals surface area contributed by atoms with Crippen LogP contribution < -0.4 is 5.32 Å². The highest BCUT2D eigenvalue weighted by Crippen LogP contribution is 2.21. The normalized spacial score (nSPS) is 12.6. The first kappa shape index (κ1) is 17.0. The molecule has 0 bridgehead atoms. The number of rotatable bonds is 11. The lowest BCUT2D eigenvalue weighted by Crippen LogP contribution is -2.12. The second kappa shape index (κ2) is 9.81. The second-order valence-electron chi connectivity index (χ2n) is 5.58. The van der Waals surface area contributed by atoms with Gasteiger partial charge >= 0.3 is 0 Å². The molecule has 1 unspecified atom stereocenters. The summed E-state index contributed by atoms with van der Waals surface area (Å²) < 4.78 is 7.36. The highest BCUT2D eigenvalue weighted by atomic mass is 16.5. The highest BCUT2D eigenvalue weighted by molar-refractivity contribution is 5.29. The molecule has 4 heteroatoms. The summed E-state index contributed by atoms with van der Waals surface area (Å²) in [4.78, 5) is 4.58. The van der Waals surface area contributed by atoms with E-state index in [1.165, 1.54) is 32.1 Å². The maximum atomic E-state index is 5.07. The van der Waals surface area contributed by atoms with Crippen molar-refractivity contribution >= 4 is 5.95 Å². The van der Waals surface area contributed by atoms with E-state index in [9.17, 15) is 0 Å². The maximum absolute atomic E-state index is 5.07. The van der Waals surface area contributed by atoms with Crippen LogP contribution in [0.15, 0.2) is 6.20 Å². The lowest BCUT2D eigenvalue weighted by atomic mass is 10.1. The number of nitrogens with zero attached hydrogens (tertiary/aromatic N) is 2. The van der Waals surface area contributed by atoms with Crippen LogP contribution in [0, 0.1) is 6.92 Å². The predicted octanol–water partition coefficient (Wildman–Crippen LogP) is 4.17. The smallest absolute Gasteiger partial charge is 0.203 e. The zero-order valence-corrected chi connectivity index (χ0v) is 13.6. The number of hydrogen-bond acceptors (Lipinski definition) is 3. The van der Waals surface area contributed by atoms with Crippen LogP contribution in [0.4, 0.5) is 5.95 Å². The van der Waals surface area contributed by atoms with Crippen LogP contribution in [0.3, 0.4) is 0 Å². The SMILES string of the molecule is CCCCCCC(C)n1cc(C)nc1NCCCOC. The van der Waals surface area contributed by atoms with E-state index in [4.69, 9.17) is 4.74 Å². The first-order valence-corrected chi connectivity index (χ1v) is 7.97. The van der Waals surface area contributed by atoms with Gasteiger partial charge in [-0.1, -0.05) is 32.6 Å². The summed E-state index contributed by atoms with van der Waals surface area (Å²) in [6.07, 6.45) is 9.67. The van der Waals surface area contributed by atoms with Crippen molar-refractivity contribution in [3.8, 4) is 0 Å². The number of imidazole rings is 1. The van der Waals surface area contributed by atoms with Crippen molar-refractivity contribution in [2.24, 2.45) is 0 Å². The van der Waals surface area contributed by atoms with Gasteiger partial charge in [0.1, 0.15) is 0 Å². The quantitative estimate of drug-likeness (QED) is 0.619. The fourth-order valence-electron chi connectivity index (χ4n) is 2.41. The van der Waals surface area contributed by atoms with Gasteiger partial charge in [0.15, 0.2) is 0 Å². The van der Waals surface area contributed by atoms with Crippen molar-refractivity contribution < 1.29 is 4.74 Å². The van der Waals surface area contributed by atoms with E-state index in [0.717, 1.165) is 31.2 Å². The van der Waals surface area contributed by atoms with E-state index in [1.807, 2.05) is 0 Å². The third kappa shape index (κ3) is 5.95. The van der Waals surface area contributed by atoms with Crippen molar-refractivity contribution in [1.82, 2.24) is 9.55 Å². The Hall–Kier alpha value is -1.03. The summed E-state index contributed by atoms with van der Waals surface area (Å²) in [7, 11) is 1.74. The number of methoxy groups -OCH3 is 1. The molecule has 0 aromatic carbocycles. The van der Waals surface area contributed by atoms with E-state index in [-0.39, 0.29) is 0 Å². The van der Waals surface area contributed by atoms with Gasteiger partial charge in [-0.3, -0.25) is 0 Å². The standard InChI is InChI=1S/C16H31N3O/c1-5-6-7-8-10-15(3)19-13-14(2)18-16(19)17-11-9-12-20-4/h13,15H,5-12H2,1-4H3,(H,17,18). The predicted molar refractivity (Wildman–Crippen MR) is 85.4 cm³/mol. The summed E-state index contributed by atoms with van der Waals surface area (Å²) in [6.45, 7) is 8.30. The largest absolute Gasteiger partial charge is 0.385 e. The number of aromatic nitrogens is 2. The van der Waals surface area contributed by atoms with Crippen LogP contribution in [-0.4, -0.2) is 29.8 Å². The monoisotopic (exact) mass is 281 g/mol. The first-order chi connectivity index (χ1) is 9.69. The van der Waals surface area contributed by atoms with Crippen molar-refractivity contribution in [2.75, 3.05) is 25.6 Å². The van der Waals surface area contributed by atoms with Gasteiger partial charge in [0.05, 0.1) is 5.69 Å². The molecular weight excluding hydrogens is 250 g/mol. The molecule has 0 spiro atoms. The fourth-order valence-corrected chi connectivity index (χ4v) is 2.41. The molecule has 0 radical (unpaired) electrons. The van der Waals surface area contributed by atoms with Gasteiger partial charge in [-0.25, -0.2) is 4.98 Å². The molecule has 0 aliphatic rings. The molecular formula is C16H31N3O. The summed E-state index contributed by atoms with van der Waals surface area (Å²) in [5, 5.41) is 3.42. The number of nitrogens with one attached hydrogen (secondary N) is 1. The third-order valence-electron chi connectivity index (χ3n) is 3.61. The summed E-state index contributed by atoms with van der Waals surface area (Å²) in [5.41, 5.74) is 1.08. The van der Waals surface area contributed by atoms with Gasteiger partial charge < -0.3 is 14.6 Å². The molecule has 0 saturated carbocycles. The summed E-state index contributed by atoms with van der Waals surface area (Å²) in [6, 6.07) is 0.512. The fraction of sp³-hybridized carbons (Fsp3) is 0.812. The van der Waals surface area contributed by atoms with Gasteiger partial charge in [0, 0.05) is 32.5 Å². The lowest BCUT2D eigenvalue weighted by Gasteiger charge is -2.17. The molecule has 1 heterocycles. The Morgan fingerprint density at radius 1 is 1.30 bits per heavy atom. The molecule has 1 atom stereocenters. The van der Waals surface area contributed by atoms with Gasteiger partial charge in [0.2, 0.25) is 5.95 Å². The molecule has 0 fully saturated rings.